The van der Waals surface area contributed by atoms with Gasteiger partial charge in [-0.25, -0.2) is 4.79 Å². The van der Waals surface area contributed by atoms with Crippen LogP contribution in [0.25, 0.3) is 28.6 Å². The van der Waals surface area contributed by atoms with Crippen LogP contribution < -0.4 is 69.5 Å². The number of phenolic OH excluding ortho intramolecular Hbond substituents is 2. The van der Waals surface area contributed by atoms with Gasteiger partial charge in [-0.2, -0.15) is 0 Å². The number of ketones is 1. The summed E-state index contributed by atoms with van der Waals surface area (Å²) in [5.74, 6) is -11.9. The molecule has 0 unspecified atom stereocenters. The number of aromatic amines is 2. The Labute approximate surface area is 644 Å². The summed E-state index contributed by atoms with van der Waals surface area (Å²) in [6.45, 7) is 12.6. The Balaban J connectivity index is 1.15. The molecule has 2 aromatic heterocycles. The molecule has 0 saturated carbocycles. The lowest BCUT2D eigenvalue weighted by atomic mass is 9.93. The number of fused-ring (bicyclic) bond motifs is 2. The number of para-hydroxylation sites is 1. The quantitative estimate of drug-likeness (QED) is 0.0295. The number of benzene rings is 4. The van der Waals surface area contributed by atoms with Crippen LogP contribution >= 0.6 is 0 Å². The Hall–Kier alpha value is -11.9. The second kappa shape index (κ2) is 39.4. The number of nitrogens with one attached hydrogen (secondary N) is 12. The van der Waals surface area contributed by atoms with Crippen LogP contribution in [0.2, 0.25) is 0 Å². The van der Waals surface area contributed by atoms with Crippen LogP contribution in [0.3, 0.4) is 0 Å². The van der Waals surface area contributed by atoms with E-state index >= 15 is 38.4 Å². The molecular weight excluding hydrogens is 1420 g/mol. The van der Waals surface area contributed by atoms with Gasteiger partial charge in [0.15, 0.2) is 11.8 Å². The van der Waals surface area contributed by atoms with Crippen LogP contribution in [0.1, 0.15) is 127 Å². The third-order valence-corrected chi connectivity index (χ3v) is 20.5. The lowest BCUT2D eigenvalue weighted by molar-refractivity contribution is -0.145. The van der Waals surface area contributed by atoms with Crippen molar-refractivity contribution in [2.45, 2.75) is 185 Å². The normalized spacial score (nSPS) is 23.1. The molecule has 28 heteroatoms. The maximum Gasteiger partial charge on any atom is 0.322 e. The first-order chi connectivity index (χ1) is 53.2. The van der Waals surface area contributed by atoms with E-state index in [4.69, 9.17) is 5.73 Å². The minimum atomic E-state index is -2.05. The minimum Gasteiger partial charge on any atom is -0.508 e. The highest BCUT2D eigenvalue weighted by molar-refractivity contribution is 6.12. The van der Waals surface area contributed by atoms with Crippen molar-refractivity contribution in [1.82, 2.24) is 68.0 Å². The molecule has 0 spiro atoms. The van der Waals surface area contributed by atoms with Crippen molar-refractivity contribution in [3.63, 3.8) is 0 Å². The summed E-state index contributed by atoms with van der Waals surface area (Å²) in [6.07, 6.45) is 15.3. The summed E-state index contributed by atoms with van der Waals surface area (Å²) in [6, 6.07) is 10.1. The van der Waals surface area contributed by atoms with Gasteiger partial charge in [0.25, 0.3) is 11.8 Å². The van der Waals surface area contributed by atoms with Gasteiger partial charge in [-0.15, -0.1) is 0 Å². The van der Waals surface area contributed by atoms with E-state index in [-0.39, 0.29) is 75.0 Å². The zero-order valence-electron chi connectivity index (χ0n) is 63.4. The standard InChI is InChI=1S/C83H102N14O14/c1-8-48(4)70-80(108)91-67(44-55-45-85-61-29-19-18-26-58(55)61)77(105)89-66(42-54-33-37-57(99)38-34-54)78(106)96-83(111)95-71(49(5)60-46-86-62-28-17-11-16-27-59(60)62)81(109)94-72(68(100)43-52-24-14-10-15-25-52)82(110)97(7)50(6)73(101)92-69(47(2)3)79(107)90-65(40-51-22-12-9-13-23-51)76(104)88-64(41-53-31-35-56(98)36-32-53)75(103)87-63(74(102)93-70)30-20-21-39-84/h9,11-13,17-19,22-24,26-29,31-38,45-48,50,63-67,69-72,85-86,98-99H,5,8,10,14-16,20-21,25,30,39-44,84H2,1-4,6-7H3,(H,87,103)(H,88,104)(H,89,105)(H,90,107)(H,91,108)(H,92,101)(H,93,102)(H,94,109)(H2,95,96,106,111)/t48-,50-,63-,64-,65-,66-,67-,69-,70-,71-,72+/m0/s1. The van der Waals surface area contributed by atoms with Crippen molar-refractivity contribution in [1.29, 1.82) is 0 Å². The van der Waals surface area contributed by atoms with Gasteiger partial charge in [0, 0.05) is 78.6 Å². The number of carbonyl (C=O) groups excluding carboxylic acids is 12. The Kier molecular flexibility index (Phi) is 29.5. The van der Waals surface area contributed by atoms with E-state index in [9.17, 15) is 29.4 Å². The predicted octanol–water partition coefficient (Wildman–Crippen LogP) is 3.64. The fourth-order valence-corrected chi connectivity index (χ4v) is 13.6. The number of amides is 12. The van der Waals surface area contributed by atoms with Crippen LogP contribution in [0.4, 0.5) is 4.79 Å². The number of allylic oxidation sites excluding steroid dienone is 4. The van der Waals surface area contributed by atoms with Crippen molar-refractivity contribution in [2.24, 2.45) is 17.6 Å². The molecule has 2 aliphatic carbocycles. The number of likely N-dealkylation sites (N-methyl/N-ethyl adjacent to an activating group) is 1. The summed E-state index contributed by atoms with van der Waals surface area (Å²) in [5.41, 5.74) is 9.53. The van der Waals surface area contributed by atoms with E-state index in [1.165, 1.54) is 62.5 Å². The molecule has 11 atom stereocenters. The first-order valence-corrected chi connectivity index (χ1v) is 37.8. The van der Waals surface area contributed by atoms with Crippen LogP contribution in [-0.4, -0.2) is 170 Å². The molecule has 1 saturated heterocycles. The maximum atomic E-state index is 15.5. The number of rotatable bonds is 20. The van der Waals surface area contributed by atoms with Crippen LogP contribution in [0.15, 0.2) is 146 Å². The molecule has 588 valence electrons. The molecule has 3 heterocycles. The van der Waals surface area contributed by atoms with Crippen LogP contribution in [0, 0.1) is 11.8 Å². The fourth-order valence-electron chi connectivity index (χ4n) is 13.6. The number of carbonyl (C=O) groups is 12. The van der Waals surface area contributed by atoms with E-state index in [0.29, 0.717) is 80.5 Å². The lowest BCUT2D eigenvalue weighted by Gasteiger charge is -2.32. The average Bonchev–Trinajstić information content (AvgIpc) is 1.72. The number of nitrogens with two attached hydrogens (primary N) is 1. The van der Waals surface area contributed by atoms with E-state index in [1.54, 1.807) is 94.7 Å². The molecule has 4 aromatic carbocycles. The van der Waals surface area contributed by atoms with Gasteiger partial charge < -0.3 is 78.7 Å². The number of nitrogens with zero attached hydrogens (tertiary/aromatic N) is 1. The Bertz CT molecular complexity index is 4590. The molecule has 1 aliphatic heterocycles. The number of aromatic nitrogens is 2. The highest BCUT2D eigenvalue weighted by Crippen LogP contribution is 2.25. The second-order valence-corrected chi connectivity index (χ2v) is 29.0. The monoisotopic (exact) mass is 1520 g/mol. The van der Waals surface area contributed by atoms with Crippen molar-refractivity contribution in [2.75, 3.05) is 13.6 Å². The molecule has 3 aliphatic rings. The van der Waals surface area contributed by atoms with Gasteiger partial charge >= 0.3 is 6.03 Å². The lowest BCUT2D eigenvalue weighted by Crippen LogP contribution is -2.63. The Morgan fingerprint density at radius 2 is 1.14 bits per heavy atom. The molecule has 111 heavy (non-hydrogen) atoms. The van der Waals surface area contributed by atoms with Crippen molar-refractivity contribution < 1.29 is 67.7 Å². The summed E-state index contributed by atoms with van der Waals surface area (Å²) in [7, 11) is 1.23. The fraction of sp³-hybridized carbons (Fsp3) is 0.398. The molecule has 6 aromatic rings. The Morgan fingerprint density at radius 1 is 0.577 bits per heavy atom. The molecule has 0 radical (unpaired) electrons. The zero-order valence-corrected chi connectivity index (χ0v) is 63.4. The molecule has 28 nitrogen and oxygen atoms in total. The van der Waals surface area contributed by atoms with Gasteiger partial charge in [0.2, 0.25) is 47.3 Å². The number of imide groups is 1. The van der Waals surface area contributed by atoms with E-state index in [2.05, 4.69) is 69.7 Å². The number of hydrogen-bond acceptors (Lipinski definition) is 15. The number of hydrogen-bond donors (Lipinski definition) is 15. The maximum absolute atomic E-state index is 15.5. The summed E-state index contributed by atoms with van der Waals surface area (Å²) >= 11 is 0. The van der Waals surface area contributed by atoms with Gasteiger partial charge in [-0.05, 0) is 141 Å². The third-order valence-electron chi connectivity index (χ3n) is 20.5. The molecule has 9 rings (SSSR count). The summed E-state index contributed by atoms with van der Waals surface area (Å²) in [4.78, 5) is 189. The highest BCUT2D eigenvalue weighted by Gasteiger charge is 2.41. The summed E-state index contributed by atoms with van der Waals surface area (Å²) in [5, 5.41) is 49.6. The van der Waals surface area contributed by atoms with Gasteiger partial charge in [0.05, 0.1) is 0 Å². The smallest absolute Gasteiger partial charge is 0.322 e. The molecule has 12 amide bonds. The third kappa shape index (κ3) is 22.6. The summed E-state index contributed by atoms with van der Waals surface area (Å²) < 4.78 is 0. The number of unbranched alkanes of at least 4 members (excludes halogenated alkanes) is 1. The highest BCUT2D eigenvalue weighted by atomic mass is 16.3. The predicted molar refractivity (Wildman–Crippen MR) is 419 cm³/mol. The van der Waals surface area contributed by atoms with Crippen LogP contribution in [-0.2, 0) is 78.4 Å². The number of H-pyrrole nitrogens is 2. The topological polar surface area (TPSA) is 426 Å². The van der Waals surface area contributed by atoms with Gasteiger partial charge in [0.1, 0.15) is 65.9 Å². The van der Waals surface area contributed by atoms with Crippen molar-refractivity contribution >= 4 is 99.5 Å². The largest absolute Gasteiger partial charge is 0.508 e. The van der Waals surface area contributed by atoms with Gasteiger partial charge in [-0.1, -0.05) is 143 Å². The SMILES string of the molecule is C=C(c1c[nH]c2c1=CCC=CC=2)[C@@H]1NC(=O)NC(=O)[C@H](Cc2ccc(O)cc2)NC(=O)[C@H](Cc2c[nH]c3ccccc23)NC(=O)[C@H]([C@@H](C)CC)NC(=O)[C@H](CCCCN)NC(=O)[C@H](Cc2ccc(O)cc2)NC(=O)[C@H](Cc2ccccc2)NC(=O)[C@H](C(C)C)NC(=O)[C@H](C)N(C)C(=O)[C@@H](C(=O)CC2=CCCCC2)NC1=O. The van der Waals surface area contributed by atoms with Crippen LogP contribution in [0.5, 0.6) is 11.5 Å². The Morgan fingerprint density at radius 3 is 1.74 bits per heavy atom. The van der Waals surface area contributed by atoms with Crippen molar-refractivity contribution in [3.8, 4) is 11.5 Å². The number of phenols is 2. The minimum absolute atomic E-state index is 0.0287. The van der Waals surface area contributed by atoms with E-state index in [0.717, 1.165) is 17.7 Å². The molecule has 0 bridgehead atoms. The first-order valence-electron chi connectivity index (χ1n) is 37.8. The number of urea groups is 1. The number of Topliss-reactive ketones (excluding diaryl/α,β-unsaturated/α-hetero) is 1. The zero-order chi connectivity index (χ0) is 80.0. The molecule has 16 N–H and O–H groups in total. The average molecular weight is 1520 g/mol. The van der Waals surface area contributed by atoms with E-state index < -0.39 is 143 Å². The van der Waals surface area contributed by atoms with Crippen molar-refractivity contribution in [3.05, 3.63) is 184 Å². The second-order valence-electron chi connectivity index (χ2n) is 29.0. The molecular formula is C83H102N14O14. The molecule has 1 fully saturated rings. The van der Waals surface area contributed by atoms with Gasteiger partial charge in [-0.3, -0.25) is 58.1 Å². The first kappa shape index (κ1) is 83.1. The number of aromatic hydroxyl groups is 2. The van der Waals surface area contributed by atoms with E-state index in [1.807, 2.05) is 30.4 Å².